The van der Waals surface area contributed by atoms with Gasteiger partial charge in [0.25, 0.3) is 5.91 Å². The van der Waals surface area contributed by atoms with Crippen LogP contribution < -0.4 is 21.3 Å². The average Bonchev–Trinajstić information content (AvgIpc) is 3.39. The van der Waals surface area contributed by atoms with Crippen LogP contribution in [0.15, 0.2) is 24.3 Å². The van der Waals surface area contributed by atoms with Gasteiger partial charge in [0.1, 0.15) is 16.7 Å². The molecule has 0 aliphatic carbocycles. The molecule has 1 aromatic heterocycles. The topological polar surface area (TPSA) is 136 Å². The van der Waals surface area contributed by atoms with Gasteiger partial charge in [-0.2, -0.15) is 0 Å². The Hall–Kier alpha value is -3.09. The van der Waals surface area contributed by atoms with Crippen LogP contribution in [-0.2, 0) is 4.79 Å². The van der Waals surface area contributed by atoms with E-state index in [0.29, 0.717) is 28.2 Å². The number of aliphatic carboxylic acids is 1. The number of carbonyl (C=O) groups is 3. The molecule has 1 atom stereocenters. The summed E-state index contributed by atoms with van der Waals surface area (Å²) in [5, 5.41) is 21.4. The number of nitrogens with one attached hydrogen (secondary N) is 4. The van der Waals surface area contributed by atoms with Gasteiger partial charge in [0.05, 0.1) is 10.7 Å². The molecule has 1 aromatic carbocycles. The Balaban J connectivity index is 1.34. The number of hydrogen-bond donors (Lipinski definition) is 5. The third kappa shape index (κ3) is 7.74. The quantitative estimate of drug-likeness (QED) is 0.317. The van der Waals surface area contributed by atoms with E-state index in [1.165, 1.54) is 48.4 Å². The van der Waals surface area contributed by atoms with Gasteiger partial charge in [0, 0.05) is 24.2 Å². The minimum atomic E-state index is -1.36. The first-order valence-electron chi connectivity index (χ1n) is 13.5. The molecule has 2 aliphatic rings. The molecule has 4 rings (SSSR count). The summed E-state index contributed by atoms with van der Waals surface area (Å²) in [5.41, 5.74) is 1.02. The smallest absolute Gasteiger partial charge is 0.328 e. The number of rotatable bonds is 9. The summed E-state index contributed by atoms with van der Waals surface area (Å²) in [6.07, 6.45) is 4.38. The Kier molecular flexibility index (Phi) is 9.87. The van der Waals surface area contributed by atoms with E-state index in [4.69, 9.17) is 4.98 Å². The molecule has 2 aliphatic heterocycles. The molecule has 3 amide bonds. The van der Waals surface area contributed by atoms with Crippen molar-refractivity contribution in [2.45, 2.75) is 63.5 Å². The maximum atomic E-state index is 13.1. The average molecular weight is 561 g/mol. The van der Waals surface area contributed by atoms with E-state index >= 15 is 0 Å². The summed E-state index contributed by atoms with van der Waals surface area (Å²) in [6.45, 7) is 7.87. The molecule has 0 bridgehead atoms. The van der Waals surface area contributed by atoms with Crippen LogP contribution in [0.4, 0.5) is 14.9 Å². The molecule has 212 valence electrons. The van der Waals surface area contributed by atoms with Gasteiger partial charge in [0.2, 0.25) is 0 Å². The van der Waals surface area contributed by atoms with Gasteiger partial charge in [-0.05, 0) is 82.0 Å². The Labute approximate surface area is 231 Å². The van der Waals surface area contributed by atoms with E-state index < -0.39 is 29.8 Å². The number of urea groups is 1. The molecule has 0 radical (unpaired) electrons. The van der Waals surface area contributed by atoms with Crippen LogP contribution in [0.25, 0.3) is 0 Å². The lowest BCUT2D eigenvalue weighted by atomic mass is 9.94. The number of piperidine rings is 2. The number of thiazole rings is 1. The molecule has 3 heterocycles. The van der Waals surface area contributed by atoms with Gasteiger partial charge in [0.15, 0.2) is 0 Å². The van der Waals surface area contributed by atoms with Crippen molar-refractivity contribution in [3.8, 4) is 0 Å². The van der Waals surface area contributed by atoms with Crippen molar-refractivity contribution in [3.05, 3.63) is 45.7 Å². The fourth-order valence-electron chi connectivity index (χ4n) is 5.09. The number of hydrogen-bond acceptors (Lipinski definition) is 7. The van der Waals surface area contributed by atoms with Gasteiger partial charge in [-0.3, -0.25) is 4.79 Å². The largest absolute Gasteiger partial charge is 0.480 e. The fraction of sp³-hybridized carbons (Fsp3) is 0.556. The summed E-state index contributed by atoms with van der Waals surface area (Å²) < 4.78 is 13.1. The first-order chi connectivity index (χ1) is 18.7. The standard InChI is InChI=1S/C27H37FN6O4S/c1-16(2)22-23(39-25(33-22)17-9-13-34(14-10-17)20-7-11-29-12-8-20)24(35)30-15-21(26(36)37)32-27(38)31-19-5-3-18(28)4-6-19/h3-6,16-17,20-21,29H,7-15H2,1-2H3,(H,30,35)(H,36,37)(H2,31,32,38)/t21-/m0/s1. The van der Waals surface area contributed by atoms with Crippen molar-refractivity contribution >= 4 is 34.9 Å². The molecule has 2 aromatic rings. The van der Waals surface area contributed by atoms with Crippen LogP contribution in [0.3, 0.4) is 0 Å². The molecule has 0 saturated carbocycles. The second-order valence-electron chi connectivity index (χ2n) is 10.4. The minimum Gasteiger partial charge on any atom is -0.480 e. The molecule has 5 N–H and O–H groups in total. The van der Waals surface area contributed by atoms with Crippen molar-refractivity contribution in [2.24, 2.45) is 0 Å². The highest BCUT2D eigenvalue weighted by molar-refractivity contribution is 7.13. The maximum absolute atomic E-state index is 13.1. The zero-order valence-corrected chi connectivity index (χ0v) is 23.2. The van der Waals surface area contributed by atoms with E-state index in [1.807, 2.05) is 13.8 Å². The van der Waals surface area contributed by atoms with E-state index in [2.05, 4.69) is 26.2 Å². The highest BCUT2D eigenvalue weighted by Gasteiger charge is 2.31. The Morgan fingerprint density at radius 1 is 1.13 bits per heavy atom. The molecule has 2 fully saturated rings. The normalized spacial score (nSPS) is 18.1. The monoisotopic (exact) mass is 560 g/mol. The maximum Gasteiger partial charge on any atom is 0.328 e. The van der Waals surface area contributed by atoms with Gasteiger partial charge >= 0.3 is 12.0 Å². The van der Waals surface area contributed by atoms with E-state index in [1.54, 1.807) is 0 Å². The number of likely N-dealkylation sites (tertiary alicyclic amines) is 1. The Morgan fingerprint density at radius 2 is 1.79 bits per heavy atom. The van der Waals surface area contributed by atoms with Crippen molar-refractivity contribution in [1.82, 2.24) is 25.8 Å². The van der Waals surface area contributed by atoms with Crippen molar-refractivity contribution in [1.29, 1.82) is 0 Å². The predicted molar refractivity (Wildman–Crippen MR) is 148 cm³/mol. The minimum absolute atomic E-state index is 0.0282. The number of carbonyl (C=O) groups excluding carboxylic acids is 2. The molecule has 39 heavy (non-hydrogen) atoms. The number of halogens is 1. The summed E-state index contributed by atoms with van der Waals surface area (Å²) in [7, 11) is 0. The number of aromatic nitrogens is 1. The lowest BCUT2D eigenvalue weighted by Crippen LogP contribution is -2.49. The fourth-order valence-corrected chi connectivity index (χ4v) is 6.40. The number of nitrogens with zero attached hydrogens (tertiary/aromatic N) is 2. The van der Waals surface area contributed by atoms with Crippen LogP contribution in [0.2, 0.25) is 0 Å². The second kappa shape index (κ2) is 13.3. The number of benzene rings is 1. The van der Waals surface area contributed by atoms with E-state index in [-0.39, 0.29) is 12.5 Å². The molecule has 0 spiro atoms. The molecular weight excluding hydrogens is 523 g/mol. The zero-order chi connectivity index (χ0) is 27.9. The van der Waals surface area contributed by atoms with E-state index in [0.717, 1.165) is 44.0 Å². The third-order valence-electron chi connectivity index (χ3n) is 7.30. The lowest BCUT2D eigenvalue weighted by molar-refractivity contribution is -0.138. The van der Waals surface area contributed by atoms with Crippen molar-refractivity contribution in [3.63, 3.8) is 0 Å². The third-order valence-corrected chi connectivity index (χ3v) is 8.53. The number of carboxylic acid groups (broad SMARTS) is 1. The summed E-state index contributed by atoms with van der Waals surface area (Å²) in [4.78, 5) is 45.1. The van der Waals surface area contributed by atoms with Gasteiger partial charge in [-0.15, -0.1) is 11.3 Å². The summed E-state index contributed by atoms with van der Waals surface area (Å²) in [5.74, 6) is -1.82. The molecule has 12 heteroatoms. The van der Waals surface area contributed by atoms with Crippen LogP contribution in [-0.4, -0.2) is 77.7 Å². The van der Waals surface area contributed by atoms with Crippen LogP contribution >= 0.6 is 11.3 Å². The van der Waals surface area contributed by atoms with Crippen LogP contribution in [0.5, 0.6) is 0 Å². The van der Waals surface area contributed by atoms with Gasteiger partial charge in [-0.1, -0.05) is 13.8 Å². The molecule has 0 unspecified atom stereocenters. The van der Waals surface area contributed by atoms with Crippen molar-refractivity contribution < 1.29 is 23.9 Å². The highest BCUT2D eigenvalue weighted by Crippen LogP contribution is 2.35. The van der Waals surface area contributed by atoms with E-state index in [9.17, 15) is 23.9 Å². The number of carboxylic acids is 1. The SMILES string of the molecule is CC(C)c1nc(C2CCN(C3CCNCC3)CC2)sc1C(=O)NC[C@H](NC(=O)Nc1ccc(F)cc1)C(=O)O. The predicted octanol–water partition coefficient (Wildman–Crippen LogP) is 3.34. The second-order valence-corrected chi connectivity index (χ2v) is 11.4. The number of amides is 3. The van der Waals surface area contributed by atoms with Crippen LogP contribution in [0.1, 0.15) is 71.7 Å². The Morgan fingerprint density at radius 3 is 2.41 bits per heavy atom. The van der Waals surface area contributed by atoms with Crippen molar-refractivity contribution in [2.75, 3.05) is 38.0 Å². The first-order valence-corrected chi connectivity index (χ1v) is 14.3. The Bertz CT molecular complexity index is 1140. The van der Waals surface area contributed by atoms with Crippen LogP contribution in [0, 0.1) is 5.82 Å². The molecule has 10 nitrogen and oxygen atoms in total. The number of anilines is 1. The van der Waals surface area contributed by atoms with Gasteiger partial charge in [-0.25, -0.2) is 19.0 Å². The summed E-state index contributed by atoms with van der Waals surface area (Å²) in [6, 6.07) is 3.59. The first kappa shape index (κ1) is 28.9. The highest BCUT2D eigenvalue weighted by atomic mass is 32.1. The zero-order valence-electron chi connectivity index (χ0n) is 22.3. The molecule has 2 saturated heterocycles. The lowest BCUT2D eigenvalue weighted by Gasteiger charge is -2.39. The van der Waals surface area contributed by atoms with Gasteiger partial charge < -0.3 is 31.3 Å². The molecular formula is C27H37FN6O4S. The summed E-state index contributed by atoms with van der Waals surface area (Å²) >= 11 is 1.39.